The molecule has 2 N–H and O–H groups in total. The quantitative estimate of drug-likeness (QED) is 0.727. The number of hydrogen-bond acceptors (Lipinski definition) is 5. The molecule has 0 bridgehead atoms. The summed E-state index contributed by atoms with van der Waals surface area (Å²) >= 11 is 0. The number of nitrogens with zero attached hydrogens (tertiary/aromatic N) is 2. The van der Waals surface area contributed by atoms with E-state index in [4.69, 9.17) is 0 Å². The Morgan fingerprint density at radius 1 is 1.19 bits per heavy atom. The number of benzene rings is 1. The summed E-state index contributed by atoms with van der Waals surface area (Å²) in [4.78, 5) is 23.5. The fourth-order valence-corrected chi connectivity index (χ4v) is 3.92. The van der Waals surface area contributed by atoms with Gasteiger partial charge in [0.25, 0.3) is 5.91 Å². The van der Waals surface area contributed by atoms with Crippen molar-refractivity contribution in [2.45, 2.75) is 45.0 Å². The second-order valence-electron chi connectivity index (χ2n) is 6.49. The van der Waals surface area contributed by atoms with E-state index < -0.39 is 10.0 Å². The SMILES string of the molecule is CC(C)NS(=O)(=O)Cc1ccc(CNC(=O)C2=NN(C)C(=O)CC2)cc1. The van der Waals surface area contributed by atoms with Gasteiger partial charge in [-0.3, -0.25) is 9.59 Å². The number of carbonyl (C=O) groups excluding carboxylic acids is 2. The van der Waals surface area contributed by atoms with E-state index in [9.17, 15) is 18.0 Å². The van der Waals surface area contributed by atoms with Crippen LogP contribution in [0, 0.1) is 0 Å². The molecule has 1 aliphatic heterocycles. The highest BCUT2D eigenvalue weighted by Crippen LogP contribution is 2.10. The largest absolute Gasteiger partial charge is 0.347 e. The molecule has 0 saturated heterocycles. The Morgan fingerprint density at radius 3 is 2.38 bits per heavy atom. The molecular weight excluding hydrogens is 356 g/mol. The van der Waals surface area contributed by atoms with Crippen molar-refractivity contribution in [1.29, 1.82) is 0 Å². The summed E-state index contributed by atoms with van der Waals surface area (Å²) in [6.07, 6.45) is 0.602. The Kier molecular flexibility index (Phi) is 6.49. The van der Waals surface area contributed by atoms with Crippen LogP contribution in [0.15, 0.2) is 29.4 Å². The molecule has 26 heavy (non-hydrogen) atoms. The first kappa shape index (κ1) is 20.1. The summed E-state index contributed by atoms with van der Waals surface area (Å²) in [5.74, 6) is -0.509. The summed E-state index contributed by atoms with van der Waals surface area (Å²) in [6, 6.07) is 6.86. The van der Waals surface area contributed by atoms with Crippen molar-refractivity contribution in [2.24, 2.45) is 5.10 Å². The Labute approximate surface area is 153 Å². The zero-order valence-corrected chi connectivity index (χ0v) is 16.0. The minimum absolute atomic E-state index is 0.0883. The fraction of sp³-hybridized carbons (Fsp3) is 0.471. The highest BCUT2D eigenvalue weighted by molar-refractivity contribution is 7.88. The summed E-state index contributed by atoms with van der Waals surface area (Å²) in [5.41, 5.74) is 1.84. The Morgan fingerprint density at radius 2 is 1.81 bits per heavy atom. The molecule has 142 valence electrons. The number of rotatable bonds is 7. The van der Waals surface area contributed by atoms with Crippen LogP contribution < -0.4 is 10.0 Å². The molecule has 0 fully saturated rings. The lowest BCUT2D eigenvalue weighted by molar-refractivity contribution is -0.130. The average molecular weight is 380 g/mol. The Hall–Kier alpha value is -2.26. The summed E-state index contributed by atoms with van der Waals surface area (Å²) in [7, 11) is -1.84. The molecule has 8 nitrogen and oxygen atoms in total. The fourth-order valence-electron chi connectivity index (χ4n) is 2.49. The van der Waals surface area contributed by atoms with Crippen LogP contribution in [0.25, 0.3) is 0 Å². The van der Waals surface area contributed by atoms with Crippen LogP contribution in [0.1, 0.15) is 37.8 Å². The van der Waals surface area contributed by atoms with E-state index in [0.29, 0.717) is 24.2 Å². The molecule has 1 aliphatic rings. The second-order valence-corrected chi connectivity index (χ2v) is 8.25. The first-order valence-electron chi connectivity index (χ1n) is 8.36. The van der Waals surface area contributed by atoms with Crippen molar-refractivity contribution in [3.05, 3.63) is 35.4 Å². The summed E-state index contributed by atoms with van der Waals surface area (Å²) in [5, 5.41) is 7.91. The standard InChI is InChI=1S/C17H24N4O4S/c1-12(2)20-26(24,25)11-14-6-4-13(5-7-14)10-18-17(23)15-8-9-16(22)21(3)19-15/h4-7,12,20H,8-11H2,1-3H3,(H,18,23). The van der Waals surface area contributed by atoms with Gasteiger partial charge in [-0.1, -0.05) is 24.3 Å². The van der Waals surface area contributed by atoms with Crippen LogP contribution >= 0.6 is 0 Å². The second kappa shape index (κ2) is 8.41. The highest BCUT2D eigenvalue weighted by atomic mass is 32.2. The molecule has 1 heterocycles. The Bertz CT molecular complexity index is 801. The first-order chi connectivity index (χ1) is 12.2. The van der Waals surface area contributed by atoms with Gasteiger partial charge < -0.3 is 5.32 Å². The molecule has 0 saturated carbocycles. The normalized spacial score (nSPS) is 15.2. The number of sulfonamides is 1. The number of carbonyl (C=O) groups is 2. The third kappa shape index (κ3) is 5.92. The van der Waals surface area contributed by atoms with Gasteiger partial charge in [0.2, 0.25) is 15.9 Å². The first-order valence-corrected chi connectivity index (χ1v) is 10.0. The van der Waals surface area contributed by atoms with Crippen molar-refractivity contribution in [1.82, 2.24) is 15.0 Å². The van der Waals surface area contributed by atoms with E-state index in [-0.39, 0.29) is 30.0 Å². The zero-order chi connectivity index (χ0) is 19.3. The van der Waals surface area contributed by atoms with Crippen LogP contribution in [-0.4, -0.2) is 44.0 Å². The third-order valence-corrected chi connectivity index (χ3v) is 5.26. The van der Waals surface area contributed by atoms with E-state index in [0.717, 1.165) is 5.56 Å². The third-order valence-electron chi connectivity index (χ3n) is 3.72. The molecule has 1 aromatic carbocycles. The monoisotopic (exact) mass is 380 g/mol. The van der Waals surface area contributed by atoms with Crippen molar-refractivity contribution in [2.75, 3.05) is 7.05 Å². The van der Waals surface area contributed by atoms with Gasteiger partial charge in [0.1, 0.15) is 5.71 Å². The van der Waals surface area contributed by atoms with E-state index in [1.807, 2.05) is 0 Å². The Balaban J connectivity index is 1.90. The molecule has 0 radical (unpaired) electrons. The highest BCUT2D eigenvalue weighted by Gasteiger charge is 2.21. The molecule has 9 heteroatoms. The number of hydrogen-bond donors (Lipinski definition) is 2. The van der Waals surface area contributed by atoms with Crippen LogP contribution in [0.3, 0.4) is 0 Å². The minimum Gasteiger partial charge on any atom is -0.347 e. The average Bonchev–Trinajstić information content (AvgIpc) is 2.55. The van der Waals surface area contributed by atoms with Crippen LogP contribution in [-0.2, 0) is 31.9 Å². The molecule has 2 amide bonds. The predicted molar refractivity (Wildman–Crippen MR) is 98.6 cm³/mol. The minimum atomic E-state index is -3.36. The summed E-state index contributed by atoms with van der Waals surface area (Å²) in [6.45, 7) is 3.84. The van der Waals surface area contributed by atoms with Crippen molar-refractivity contribution in [3.63, 3.8) is 0 Å². The smallest absolute Gasteiger partial charge is 0.267 e. The van der Waals surface area contributed by atoms with E-state index in [1.54, 1.807) is 38.1 Å². The number of nitrogens with one attached hydrogen (secondary N) is 2. The molecule has 0 atom stereocenters. The van der Waals surface area contributed by atoms with E-state index in [2.05, 4.69) is 15.1 Å². The topological polar surface area (TPSA) is 108 Å². The van der Waals surface area contributed by atoms with Gasteiger partial charge >= 0.3 is 0 Å². The molecule has 0 unspecified atom stereocenters. The van der Waals surface area contributed by atoms with Crippen molar-refractivity contribution < 1.29 is 18.0 Å². The lowest BCUT2D eigenvalue weighted by atomic mass is 10.1. The molecule has 1 aromatic rings. The van der Waals surface area contributed by atoms with Crippen LogP contribution in [0.4, 0.5) is 0 Å². The molecule has 0 spiro atoms. The van der Waals surface area contributed by atoms with Gasteiger partial charge in [-0.15, -0.1) is 0 Å². The number of hydrazone groups is 1. The predicted octanol–water partition coefficient (Wildman–Crippen LogP) is 0.739. The van der Waals surface area contributed by atoms with Gasteiger partial charge in [-0.05, 0) is 25.0 Å². The molecule has 0 aromatic heterocycles. The van der Waals surface area contributed by atoms with E-state index >= 15 is 0 Å². The lowest BCUT2D eigenvalue weighted by Crippen LogP contribution is -2.37. The van der Waals surface area contributed by atoms with Gasteiger partial charge in [0.05, 0.1) is 5.75 Å². The molecule has 0 aliphatic carbocycles. The molecular formula is C17H24N4O4S. The van der Waals surface area contributed by atoms with Crippen molar-refractivity contribution >= 4 is 27.5 Å². The van der Waals surface area contributed by atoms with Gasteiger partial charge in [0, 0.05) is 32.5 Å². The van der Waals surface area contributed by atoms with E-state index in [1.165, 1.54) is 12.1 Å². The zero-order valence-electron chi connectivity index (χ0n) is 15.2. The summed E-state index contributed by atoms with van der Waals surface area (Å²) < 4.78 is 26.4. The number of amides is 2. The van der Waals surface area contributed by atoms with Gasteiger partial charge in [-0.2, -0.15) is 5.10 Å². The lowest BCUT2D eigenvalue weighted by Gasteiger charge is -2.18. The van der Waals surface area contributed by atoms with Crippen LogP contribution in [0.2, 0.25) is 0 Å². The van der Waals surface area contributed by atoms with Crippen molar-refractivity contribution in [3.8, 4) is 0 Å². The maximum absolute atomic E-state index is 12.1. The van der Waals surface area contributed by atoms with Gasteiger partial charge in [0.15, 0.2) is 0 Å². The maximum Gasteiger partial charge on any atom is 0.267 e. The maximum atomic E-state index is 12.1. The molecule has 2 rings (SSSR count). The van der Waals surface area contributed by atoms with Gasteiger partial charge in [-0.25, -0.2) is 18.1 Å². The van der Waals surface area contributed by atoms with Crippen LogP contribution in [0.5, 0.6) is 0 Å².